The van der Waals surface area contributed by atoms with Gasteiger partial charge in [-0.2, -0.15) is 0 Å². The van der Waals surface area contributed by atoms with E-state index in [2.05, 4.69) is 26.1 Å². The molecule has 0 amide bonds. The fourth-order valence-electron chi connectivity index (χ4n) is 1.79. The zero-order valence-electron chi connectivity index (χ0n) is 6.65. The minimum atomic E-state index is 0.755. The first-order chi connectivity index (χ1) is 4.22. The predicted octanol–water partition coefficient (Wildman–Crippen LogP) is 1.64. The summed E-state index contributed by atoms with van der Waals surface area (Å²) in [6.07, 6.45) is 1.37. The van der Waals surface area contributed by atoms with E-state index in [1.54, 1.807) is 0 Å². The molecule has 1 aliphatic rings. The van der Waals surface area contributed by atoms with E-state index < -0.39 is 0 Å². The van der Waals surface area contributed by atoms with Crippen molar-refractivity contribution in [2.45, 2.75) is 33.2 Å². The van der Waals surface area contributed by atoms with Gasteiger partial charge in [0.25, 0.3) is 0 Å². The SMILES string of the molecule is CC(C)[C@H]1CCNC1C. The van der Waals surface area contributed by atoms with Gasteiger partial charge in [0.15, 0.2) is 0 Å². The van der Waals surface area contributed by atoms with Crippen molar-refractivity contribution in [3.63, 3.8) is 0 Å². The van der Waals surface area contributed by atoms with Crippen LogP contribution in [0.25, 0.3) is 0 Å². The monoisotopic (exact) mass is 127 g/mol. The van der Waals surface area contributed by atoms with E-state index in [1.807, 2.05) is 0 Å². The third kappa shape index (κ3) is 1.45. The van der Waals surface area contributed by atoms with E-state index >= 15 is 0 Å². The first-order valence-electron chi connectivity index (χ1n) is 3.95. The molecule has 1 unspecified atom stereocenters. The van der Waals surface area contributed by atoms with Gasteiger partial charge in [-0.05, 0) is 31.7 Å². The summed E-state index contributed by atoms with van der Waals surface area (Å²) in [5.41, 5.74) is 0. The standard InChI is InChI=1S/C8H17N/c1-6(2)8-4-5-9-7(8)3/h6-9H,4-5H2,1-3H3/t7?,8-/m1/s1. The quantitative estimate of drug-likeness (QED) is 0.564. The third-order valence-electron chi connectivity index (χ3n) is 2.44. The molecule has 2 atom stereocenters. The van der Waals surface area contributed by atoms with Gasteiger partial charge in [-0.15, -0.1) is 0 Å². The molecule has 1 saturated heterocycles. The van der Waals surface area contributed by atoms with Crippen molar-refractivity contribution in [2.24, 2.45) is 11.8 Å². The van der Waals surface area contributed by atoms with Crippen molar-refractivity contribution in [1.29, 1.82) is 0 Å². The molecular formula is C8H17N. The maximum atomic E-state index is 3.45. The number of hydrogen-bond donors (Lipinski definition) is 1. The number of hydrogen-bond acceptors (Lipinski definition) is 1. The van der Waals surface area contributed by atoms with Gasteiger partial charge >= 0.3 is 0 Å². The van der Waals surface area contributed by atoms with E-state index in [0.717, 1.165) is 17.9 Å². The zero-order chi connectivity index (χ0) is 6.85. The lowest BCUT2D eigenvalue weighted by Gasteiger charge is -2.18. The minimum Gasteiger partial charge on any atom is -0.314 e. The van der Waals surface area contributed by atoms with Crippen molar-refractivity contribution in [1.82, 2.24) is 5.32 Å². The van der Waals surface area contributed by atoms with Gasteiger partial charge in [-0.3, -0.25) is 0 Å². The van der Waals surface area contributed by atoms with Gasteiger partial charge in [0.1, 0.15) is 0 Å². The second-order valence-electron chi connectivity index (χ2n) is 3.44. The van der Waals surface area contributed by atoms with Crippen molar-refractivity contribution >= 4 is 0 Å². The average molecular weight is 127 g/mol. The summed E-state index contributed by atoms with van der Waals surface area (Å²) in [5.74, 6) is 1.78. The Hall–Kier alpha value is -0.0400. The first kappa shape index (κ1) is 7.07. The lowest BCUT2D eigenvalue weighted by molar-refractivity contribution is 0.357. The van der Waals surface area contributed by atoms with E-state index in [0.29, 0.717) is 0 Å². The molecule has 1 nitrogen and oxygen atoms in total. The summed E-state index contributed by atoms with van der Waals surface area (Å²) in [6, 6.07) is 0.755. The van der Waals surface area contributed by atoms with Gasteiger partial charge in [0, 0.05) is 6.04 Å². The molecule has 0 aromatic heterocycles. The Balaban J connectivity index is 2.40. The van der Waals surface area contributed by atoms with Crippen molar-refractivity contribution in [3.05, 3.63) is 0 Å². The molecule has 0 spiro atoms. The summed E-state index contributed by atoms with van der Waals surface area (Å²) < 4.78 is 0. The second kappa shape index (κ2) is 2.70. The summed E-state index contributed by atoms with van der Waals surface area (Å²) in [4.78, 5) is 0. The molecule has 9 heavy (non-hydrogen) atoms. The van der Waals surface area contributed by atoms with Gasteiger partial charge in [-0.1, -0.05) is 13.8 Å². The molecule has 0 saturated carbocycles. The Morgan fingerprint density at radius 2 is 2.11 bits per heavy atom. The molecule has 1 fully saturated rings. The Morgan fingerprint density at radius 3 is 2.33 bits per heavy atom. The fourth-order valence-corrected chi connectivity index (χ4v) is 1.79. The predicted molar refractivity (Wildman–Crippen MR) is 40.4 cm³/mol. The molecule has 1 aliphatic heterocycles. The van der Waals surface area contributed by atoms with Crippen LogP contribution in [0.2, 0.25) is 0 Å². The molecule has 0 aromatic carbocycles. The molecule has 54 valence electrons. The fraction of sp³-hybridized carbons (Fsp3) is 1.00. The molecular weight excluding hydrogens is 110 g/mol. The van der Waals surface area contributed by atoms with Gasteiger partial charge in [-0.25, -0.2) is 0 Å². The van der Waals surface area contributed by atoms with Crippen LogP contribution in [0.15, 0.2) is 0 Å². The van der Waals surface area contributed by atoms with Crippen molar-refractivity contribution in [3.8, 4) is 0 Å². The maximum absolute atomic E-state index is 3.45. The Labute approximate surface area is 57.8 Å². The van der Waals surface area contributed by atoms with Gasteiger partial charge in [0.05, 0.1) is 0 Å². The summed E-state index contributed by atoms with van der Waals surface area (Å²) in [7, 11) is 0. The summed E-state index contributed by atoms with van der Waals surface area (Å²) in [5, 5.41) is 3.45. The molecule has 1 heterocycles. The highest BCUT2D eigenvalue weighted by Gasteiger charge is 2.24. The van der Waals surface area contributed by atoms with Crippen LogP contribution in [-0.4, -0.2) is 12.6 Å². The third-order valence-corrected chi connectivity index (χ3v) is 2.44. The average Bonchev–Trinajstić information content (AvgIpc) is 2.13. The largest absolute Gasteiger partial charge is 0.314 e. The highest BCUT2D eigenvalue weighted by Crippen LogP contribution is 2.22. The lowest BCUT2D eigenvalue weighted by atomic mass is 9.90. The van der Waals surface area contributed by atoms with E-state index in [1.165, 1.54) is 13.0 Å². The molecule has 1 N–H and O–H groups in total. The molecule has 0 bridgehead atoms. The zero-order valence-corrected chi connectivity index (χ0v) is 6.65. The molecule has 0 radical (unpaired) electrons. The van der Waals surface area contributed by atoms with Crippen LogP contribution >= 0.6 is 0 Å². The van der Waals surface area contributed by atoms with Gasteiger partial charge in [0.2, 0.25) is 0 Å². The van der Waals surface area contributed by atoms with Crippen LogP contribution in [0.4, 0.5) is 0 Å². The van der Waals surface area contributed by atoms with Crippen molar-refractivity contribution in [2.75, 3.05) is 6.54 Å². The highest BCUT2D eigenvalue weighted by molar-refractivity contribution is 4.81. The first-order valence-corrected chi connectivity index (χ1v) is 3.95. The van der Waals surface area contributed by atoms with Crippen LogP contribution in [0.5, 0.6) is 0 Å². The van der Waals surface area contributed by atoms with Crippen LogP contribution < -0.4 is 5.32 Å². The summed E-state index contributed by atoms with van der Waals surface area (Å²) in [6.45, 7) is 8.14. The topological polar surface area (TPSA) is 12.0 Å². The Bertz CT molecular complexity index is 88.6. The normalized spacial score (nSPS) is 36.0. The van der Waals surface area contributed by atoms with E-state index in [-0.39, 0.29) is 0 Å². The molecule has 1 rings (SSSR count). The van der Waals surface area contributed by atoms with Gasteiger partial charge < -0.3 is 5.32 Å². The smallest absolute Gasteiger partial charge is 0.00699 e. The number of nitrogens with one attached hydrogen (secondary N) is 1. The number of rotatable bonds is 1. The van der Waals surface area contributed by atoms with Crippen LogP contribution in [0.3, 0.4) is 0 Å². The highest BCUT2D eigenvalue weighted by atomic mass is 14.9. The Kier molecular flexibility index (Phi) is 2.12. The molecule has 0 aliphatic carbocycles. The molecule has 0 aromatic rings. The maximum Gasteiger partial charge on any atom is 0.00699 e. The minimum absolute atomic E-state index is 0.755. The van der Waals surface area contributed by atoms with E-state index in [9.17, 15) is 0 Å². The van der Waals surface area contributed by atoms with Crippen LogP contribution in [-0.2, 0) is 0 Å². The van der Waals surface area contributed by atoms with Crippen molar-refractivity contribution < 1.29 is 0 Å². The Morgan fingerprint density at radius 1 is 1.44 bits per heavy atom. The van der Waals surface area contributed by atoms with E-state index in [4.69, 9.17) is 0 Å². The van der Waals surface area contributed by atoms with Crippen LogP contribution in [0.1, 0.15) is 27.2 Å². The second-order valence-corrected chi connectivity index (χ2v) is 3.44. The van der Waals surface area contributed by atoms with Crippen LogP contribution in [0, 0.1) is 11.8 Å². The summed E-state index contributed by atoms with van der Waals surface area (Å²) >= 11 is 0. The lowest BCUT2D eigenvalue weighted by Crippen LogP contribution is -2.25. The molecule has 1 heteroatoms.